The number of hydrogen-bond donors (Lipinski definition) is 1. The number of hydrogen-bond acceptors (Lipinski definition) is 7. The van der Waals surface area contributed by atoms with Crippen molar-refractivity contribution in [2.45, 2.75) is 17.9 Å². The van der Waals surface area contributed by atoms with Crippen LogP contribution in [-0.4, -0.2) is 66.5 Å². The molecule has 0 aliphatic rings. The first-order valence-electron chi connectivity index (χ1n) is 6.06. The van der Waals surface area contributed by atoms with Crippen molar-refractivity contribution in [3.8, 4) is 0 Å². The van der Waals surface area contributed by atoms with Gasteiger partial charge in [-0.1, -0.05) is 10.7 Å². The van der Waals surface area contributed by atoms with Crippen LogP contribution in [0.2, 0.25) is 0 Å². The summed E-state index contributed by atoms with van der Waals surface area (Å²) in [5, 5.41) is 0. The maximum absolute atomic E-state index is 11.5. The first-order chi connectivity index (χ1) is 11.2. The van der Waals surface area contributed by atoms with Crippen LogP contribution in [0, 0.1) is 0 Å². The lowest BCUT2D eigenvalue weighted by Gasteiger charge is -2.11. The fourth-order valence-electron chi connectivity index (χ4n) is 0.440. The Balaban J connectivity index is -0.000000397. The lowest BCUT2D eigenvalue weighted by Crippen LogP contribution is -2.45. The molecular formula is C10H18F6N2O6S2. The van der Waals surface area contributed by atoms with Crippen LogP contribution in [0.15, 0.2) is 12.7 Å². The maximum Gasteiger partial charge on any atom is 0.512 e. The Bertz CT molecular complexity index is 595. The molecule has 0 saturated heterocycles. The van der Waals surface area contributed by atoms with Gasteiger partial charge in [-0.3, -0.25) is 0 Å². The van der Waals surface area contributed by atoms with E-state index in [1.807, 2.05) is 26.0 Å². The van der Waals surface area contributed by atoms with Gasteiger partial charge in [-0.25, -0.2) is 21.6 Å². The fraction of sp³-hybridized carbons (Fsp3) is 0.700. The third kappa shape index (κ3) is 13.9. The third-order valence-electron chi connectivity index (χ3n) is 1.28. The molecule has 1 N–H and O–H groups in total. The molecule has 0 fully saturated rings. The zero-order chi connectivity index (χ0) is 22.0. The Morgan fingerprint density at radius 3 is 1.38 bits per heavy atom. The highest BCUT2D eigenvalue weighted by Gasteiger charge is 2.55. The zero-order valence-electron chi connectivity index (χ0n) is 14.0. The monoisotopic (exact) mass is 440 g/mol. The van der Waals surface area contributed by atoms with E-state index in [2.05, 4.69) is 11.3 Å². The quantitative estimate of drug-likeness (QED) is 0.397. The van der Waals surface area contributed by atoms with Crippen molar-refractivity contribution in [3.63, 3.8) is 0 Å². The van der Waals surface area contributed by atoms with Crippen molar-refractivity contribution in [1.29, 1.82) is 0 Å². The van der Waals surface area contributed by atoms with Crippen LogP contribution in [0.25, 0.3) is 0 Å². The standard InChI is InChI=1S/C5H8O2.C3H9N.C2HF6NO4S2/c1-3-5(6)7-4-2;1-4(2)3;3-1(4,5)14(10,11)9-15(12,13)2(6,7)8/h3H,1,4H2,2H3;1-3H3;9H. The molecule has 0 aromatic rings. The van der Waals surface area contributed by atoms with Gasteiger partial charge in [0, 0.05) is 6.08 Å². The predicted molar refractivity (Wildman–Crippen MR) is 79.5 cm³/mol. The first-order valence-corrected chi connectivity index (χ1v) is 9.03. The maximum atomic E-state index is 11.5. The van der Waals surface area contributed by atoms with Crippen molar-refractivity contribution in [2.24, 2.45) is 0 Å². The van der Waals surface area contributed by atoms with Gasteiger partial charge in [0.1, 0.15) is 0 Å². The van der Waals surface area contributed by atoms with E-state index in [1.54, 1.807) is 6.92 Å². The third-order valence-corrected chi connectivity index (χ3v) is 4.26. The second-order valence-electron chi connectivity index (χ2n) is 4.28. The van der Waals surface area contributed by atoms with Crippen LogP contribution in [0.3, 0.4) is 0 Å². The summed E-state index contributed by atoms with van der Waals surface area (Å²) in [5.41, 5.74) is -12.3. The lowest BCUT2D eigenvalue weighted by atomic mass is 10.6. The van der Waals surface area contributed by atoms with Gasteiger partial charge in [-0.15, -0.1) is 0 Å². The van der Waals surface area contributed by atoms with E-state index in [0.717, 1.165) is 6.08 Å². The second kappa shape index (κ2) is 11.3. The molecule has 0 saturated carbocycles. The molecule has 8 nitrogen and oxygen atoms in total. The van der Waals surface area contributed by atoms with Gasteiger partial charge in [0.05, 0.1) is 6.61 Å². The number of carbonyl (C=O) groups excluding carboxylic acids is 1. The van der Waals surface area contributed by atoms with E-state index in [4.69, 9.17) is 0 Å². The Hall–Kier alpha value is -1.39. The van der Waals surface area contributed by atoms with Gasteiger partial charge in [-0.2, -0.15) is 26.3 Å². The molecule has 158 valence electrons. The summed E-state index contributed by atoms with van der Waals surface area (Å²) in [7, 11) is -7.19. The number of nitrogens with zero attached hydrogens (tertiary/aromatic N) is 1. The molecule has 0 radical (unpaired) electrons. The average Bonchev–Trinajstić information content (AvgIpc) is 2.35. The minimum Gasteiger partial charge on any atom is -0.463 e. The van der Waals surface area contributed by atoms with Crippen molar-refractivity contribution < 1.29 is 52.7 Å². The molecular weight excluding hydrogens is 422 g/mol. The minimum absolute atomic E-state index is 0.359. The number of halogens is 6. The molecule has 0 aromatic heterocycles. The van der Waals surface area contributed by atoms with E-state index < -0.39 is 35.2 Å². The van der Waals surface area contributed by atoms with Crippen molar-refractivity contribution in [2.75, 3.05) is 27.7 Å². The molecule has 0 unspecified atom stereocenters. The zero-order valence-corrected chi connectivity index (χ0v) is 15.6. The first kappa shape index (κ1) is 29.4. The molecule has 0 bridgehead atoms. The van der Waals surface area contributed by atoms with E-state index in [-0.39, 0.29) is 5.97 Å². The summed E-state index contributed by atoms with van der Waals surface area (Å²) < 4.78 is 113. The number of rotatable bonds is 4. The number of nitrogens with one attached hydrogen (secondary N) is 1. The Morgan fingerprint density at radius 2 is 1.27 bits per heavy atom. The van der Waals surface area contributed by atoms with E-state index in [9.17, 15) is 48.0 Å². The number of alkyl halides is 6. The van der Waals surface area contributed by atoms with Gasteiger partial charge < -0.3 is 9.64 Å². The topological polar surface area (TPSA) is 110 Å². The molecule has 0 aliphatic heterocycles. The number of ether oxygens (including phenoxy) is 1. The van der Waals surface area contributed by atoms with E-state index >= 15 is 0 Å². The molecule has 26 heavy (non-hydrogen) atoms. The SMILES string of the molecule is C=CC(=O)OCC.CN(C)C.O=S(=O)(NS(=O)(=O)C(F)(F)F)C(F)(F)F. The summed E-state index contributed by atoms with van der Waals surface area (Å²) in [5.74, 6) is -0.359. The molecule has 0 amide bonds. The van der Waals surface area contributed by atoms with Gasteiger partial charge >= 0.3 is 37.0 Å². The summed E-state index contributed by atoms with van der Waals surface area (Å²) in [4.78, 5) is 12.1. The minimum atomic E-state index is -6.60. The van der Waals surface area contributed by atoms with Crippen LogP contribution in [0.4, 0.5) is 26.3 Å². The Morgan fingerprint density at radius 1 is 1.00 bits per heavy atom. The van der Waals surface area contributed by atoms with Crippen molar-refractivity contribution in [1.82, 2.24) is 9.03 Å². The molecule has 0 aliphatic carbocycles. The van der Waals surface area contributed by atoms with Crippen molar-refractivity contribution >= 4 is 26.0 Å². The number of carbonyl (C=O) groups is 1. The van der Waals surface area contributed by atoms with Gasteiger partial charge in [0.25, 0.3) is 0 Å². The molecule has 0 atom stereocenters. The Kier molecular flexibility index (Phi) is 12.8. The van der Waals surface area contributed by atoms with Crippen LogP contribution in [0.1, 0.15) is 6.92 Å². The largest absolute Gasteiger partial charge is 0.512 e. The number of esters is 1. The fourth-order valence-corrected chi connectivity index (χ4v) is 2.35. The van der Waals surface area contributed by atoms with Crippen LogP contribution in [-0.2, 0) is 29.6 Å². The van der Waals surface area contributed by atoms with Crippen molar-refractivity contribution in [3.05, 3.63) is 12.7 Å². The van der Waals surface area contributed by atoms with Crippen LogP contribution < -0.4 is 4.13 Å². The highest BCUT2D eigenvalue weighted by atomic mass is 32.3. The smallest absolute Gasteiger partial charge is 0.463 e. The molecule has 0 spiro atoms. The van der Waals surface area contributed by atoms with E-state index in [1.165, 1.54) is 0 Å². The van der Waals surface area contributed by atoms with Crippen LogP contribution in [0.5, 0.6) is 0 Å². The second-order valence-corrected chi connectivity index (χ2v) is 7.89. The van der Waals surface area contributed by atoms with Gasteiger partial charge in [0.15, 0.2) is 0 Å². The highest BCUT2D eigenvalue weighted by Crippen LogP contribution is 2.27. The van der Waals surface area contributed by atoms with Gasteiger partial charge in [0.2, 0.25) is 0 Å². The molecule has 16 heteroatoms. The summed E-state index contributed by atoms with van der Waals surface area (Å²) >= 11 is 0. The summed E-state index contributed by atoms with van der Waals surface area (Å²) in [6.45, 7) is 5.38. The van der Waals surface area contributed by atoms with Crippen LogP contribution >= 0.6 is 0 Å². The number of sulfonamides is 2. The molecule has 0 rings (SSSR count). The normalized spacial score (nSPS) is 12.3. The lowest BCUT2D eigenvalue weighted by molar-refractivity contribution is -0.137. The summed E-state index contributed by atoms with van der Waals surface area (Å²) in [6, 6.07) is 0. The molecule has 0 aromatic carbocycles. The molecule has 0 heterocycles. The van der Waals surface area contributed by atoms with E-state index in [0.29, 0.717) is 6.61 Å². The Labute approximate surface area is 146 Å². The average molecular weight is 440 g/mol. The van der Waals surface area contributed by atoms with Gasteiger partial charge in [-0.05, 0) is 28.1 Å². The summed E-state index contributed by atoms with van der Waals surface area (Å²) in [6.07, 6.45) is 1.14. The predicted octanol–water partition coefficient (Wildman–Crippen LogP) is 1.19. The highest BCUT2D eigenvalue weighted by molar-refractivity contribution is 8.05.